The molecule has 0 rings (SSSR count). The van der Waals surface area contributed by atoms with E-state index in [9.17, 15) is 4.79 Å². The number of nitrogens with zero attached hydrogens (tertiary/aromatic N) is 3. The first-order valence-corrected chi connectivity index (χ1v) is 7.89. The molecular weight excluding hydrogens is 250 g/mol. The zero-order chi connectivity index (χ0) is 14.9. The van der Waals surface area contributed by atoms with Crippen molar-refractivity contribution < 1.29 is 4.79 Å². The third kappa shape index (κ3) is 14.6. The maximum absolute atomic E-state index is 10.8. The van der Waals surface area contributed by atoms with Crippen molar-refractivity contribution in [1.29, 1.82) is 0 Å². The Morgan fingerprint density at radius 3 is 1.95 bits per heavy atom. The van der Waals surface area contributed by atoms with Crippen molar-refractivity contribution in [3.63, 3.8) is 0 Å². The fourth-order valence-corrected chi connectivity index (χ4v) is 2.08. The third-order valence-electron chi connectivity index (χ3n) is 3.24. The van der Waals surface area contributed by atoms with Crippen LogP contribution in [0.15, 0.2) is 5.11 Å². The number of amides is 1. The van der Waals surface area contributed by atoms with Gasteiger partial charge in [-0.2, -0.15) is 0 Å². The second-order valence-corrected chi connectivity index (χ2v) is 5.08. The van der Waals surface area contributed by atoms with Crippen LogP contribution >= 0.6 is 0 Å². The molecule has 0 aromatic rings. The molecule has 0 unspecified atom stereocenters. The van der Waals surface area contributed by atoms with Gasteiger partial charge in [-0.05, 0) is 23.0 Å². The Hall–Kier alpha value is -1.46. The van der Waals surface area contributed by atoms with E-state index in [0.717, 1.165) is 6.42 Å². The largest absolute Gasteiger partial charge is 0.292 e. The molecule has 0 bridgehead atoms. The Morgan fingerprint density at radius 1 is 0.950 bits per heavy atom. The van der Waals surface area contributed by atoms with Gasteiger partial charge in [0, 0.05) is 11.3 Å². The van der Waals surface area contributed by atoms with E-state index < -0.39 is 5.91 Å². The van der Waals surface area contributed by atoms with Crippen molar-refractivity contribution in [2.75, 3.05) is 0 Å². The predicted octanol–water partition coefficient (Wildman–Crippen LogP) is 5.53. The summed E-state index contributed by atoms with van der Waals surface area (Å²) in [7, 11) is 0. The van der Waals surface area contributed by atoms with Crippen molar-refractivity contribution in [2.24, 2.45) is 5.11 Å². The lowest BCUT2D eigenvalue weighted by Crippen LogP contribution is -1.84. The Morgan fingerprint density at radius 2 is 1.45 bits per heavy atom. The van der Waals surface area contributed by atoms with Gasteiger partial charge in [-0.1, -0.05) is 77.1 Å². The highest BCUT2D eigenvalue weighted by molar-refractivity contribution is 5.94. The first-order chi connectivity index (χ1) is 9.81. The summed E-state index contributed by atoms with van der Waals surface area (Å²) < 4.78 is 0. The number of hydrogen-bond donors (Lipinski definition) is 0. The molecule has 0 aromatic heterocycles. The van der Waals surface area contributed by atoms with Crippen LogP contribution in [0.1, 0.15) is 84.0 Å². The van der Waals surface area contributed by atoms with E-state index in [1.807, 2.05) is 0 Å². The SMILES string of the molecule is CCCCCCCCCCCCCC#CC(=O)N=[N+]=[N-]. The number of hydrogen-bond acceptors (Lipinski definition) is 1. The maximum atomic E-state index is 10.8. The molecule has 1 amide bonds. The van der Waals surface area contributed by atoms with Gasteiger partial charge in [-0.3, -0.25) is 4.79 Å². The highest BCUT2D eigenvalue weighted by atomic mass is 16.1. The zero-order valence-electron chi connectivity index (χ0n) is 12.7. The molecule has 0 spiro atoms. The van der Waals surface area contributed by atoms with Gasteiger partial charge in [0.2, 0.25) is 0 Å². The minimum atomic E-state index is -0.685. The zero-order valence-corrected chi connectivity index (χ0v) is 12.7. The van der Waals surface area contributed by atoms with Crippen LogP contribution in [0.4, 0.5) is 0 Å². The summed E-state index contributed by atoms with van der Waals surface area (Å²) in [5, 5.41) is 2.89. The van der Waals surface area contributed by atoms with Gasteiger partial charge in [0.15, 0.2) is 0 Å². The minimum Gasteiger partial charge on any atom is -0.278 e. The normalized spacial score (nSPS) is 9.45. The summed E-state index contributed by atoms with van der Waals surface area (Å²) >= 11 is 0. The van der Waals surface area contributed by atoms with Crippen LogP contribution in [0.3, 0.4) is 0 Å². The van der Waals surface area contributed by atoms with Crippen LogP contribution in [0, 0.1) is 11.8 Å². The van der Waals surface area contributed by atoms with Crippen LogP contribution < -0.4 is 0 Å². The first kappa shape index (κ1) is 18.5. The molecule has 112 valence electrons. The number of rotatable bonds is 11. The molecule has 0 aliphatic heterocycles. The molecule has 0 aliphatic carbocycles. The van der Waals surface area contributed by atoms with E-state index in [-0.39, 0.29) is 0 Å². The van der Waals surface area contributed by atoms with Crippen molar-refractivity contribution in [3.05, 3.63) is 10.4 Å². The molecule has 0 atom stereocenters. The molecule has 0 saturated heterocycles. The summed E-state index contributed by atoms with van der Waals surface area (Å²) in [6.07, 6.45) is 15.0. The van der Waals surface area contributed by atoms with Gasteiger partial charge in [-0.15, -0.1) is 0 Å². The first-order valence-electron chi connectivity index (χ1n) is 7.89. The molecule has 0 aliphatic rings. The molecule has 0 heterocycles. The van der Waals surface area contributed by atoms with E-state index in [0.29, 0.717) is 6.42 Å². The predicted molar refractivity (Wildman–Crippen MR) is 83.0 cm³/mol. The Kier molecular flexibility index (Phi) is 14.5. The summed E-state index contributed by atoms with van der Waals surface area (Å²) in [6.45, 7) is 2.25. The maximum Gasteiger partial charge on any atom is 0.292 e. The fraction of sp³-hybridized carbons (Fsp3) is 0.812. The summed E-state index contributed by atoms with van der Waals surface area (Å²) in [5.74, 6) is 4.36. The minimum absolute atomic E-state index is 0.685. The van der Waals surface area contributed by atoms with E-state index in [1.165, 1.54) is 64.2 Å². The van der Waals surface area contributed by atoms with Gasteiger partial charge in [0.25, 0.3) is 5.91 Å². The van der Waals surface area contributed by atoms with Crippen LogP contribution in [0.5, 0.6) is 0 Å². The van der Waals surface area contributed by atoms with Crippen molar-refractivity contribution in [1.82, 2.24) is 0 Å². The Labute approximate surface area is 123 Å². The number of azide groups is 1. The van der Waals surface area contributed by atoms with E-state index >= 15 is 0 Å². The Balaban J connectivity index is 3.21. The summed E-state index contributed by atoms with van der Waals surface area (Å²) in [5.41, 5.74) is 8.01. The average molecular weight is 277 g/mol. The molecule has 0 fully saturated rings. The molecular formula is C16H27N3O. The quantitative estimate of drug-likeness (QED) is 0.161. The average Bonchev–Trinajstić information content (AvgIpc) is 2.44. The summed E-state index contributed by atoms with van der Waals surface area (Å²) in [6, 6.07) is 0. The lowest BCUT2D eigenvalue weighted by molar-refractivity contribution is -0.112. The number of carbonyl (C=O) groups is 1. The van der Waals surface area contributed by atoms with Gasteiger partial charge in [-0.25, -0.2) is 0 Å². The molecule has 0 saturated carbocycles. The van der Waals surface area contributed by atoms with Gasteiger partial charge < -0.3 is 0 Å². The van der Waals surface area contributed by atoms with Crippen molar-refractivity contribution >= 4 is 5.91 Å². The molecule has 4 nitrogen and oxygen atoms in total. The summed E-state index contributed by atoms with van der Waals surface area (Å²) in [4.78, 5) is 13.1. The lowest BCUT2D eigenvalue weighted by Gasteiger charge is -2.01. The molecule has 0 N–H and O–H groups in total. The van der Waals surface area contributed by atoms with Crippen LogP contribution in [-0.4, -0.2) is 5.91 Å². The molecule has 4 heteroatoms. The second kappa shape index (κ2) is 15.6. The van der Waals surface area contributed by atoms with Gasteiger partial charge >= 0.3 is 0 Å². The van der Waals surface area contributed by atoms with Crippen LogP contribution in [0.2, 0.25) is 0 Å². The fourth-order valence-electron chi connectivity index (χ4n) is 2.08. The van der Waals surface area contributed by atoms with Crippen LogP contribution in [0.25, 0.3) is 10.4 Å². The van der Waals surface area contributed by atoms with E-state index in [2.05, 4.69) is 28.8 Å². The van der Waals surface area contributed by atoms with Crippen molar-refractivity contribution in [3.8, 4) is 11.8 Å². The number of carbonyl (C=O) groups excluding carboxylic acids is 1. The lowest BCUT2D eigenvalue weighted by atomic mass is 10.1. The third-order valence-corrected chi connectivity index (χ3v) is 3.24. The molecule has 0 radical (unpaired) electrons. The molecule has 0 aromatic carbocycles. The van der Waals surface area contributed by atoms with E-state index in [4.69, 9.17) is 5.53 Å². The highest BCUT2D eigenvalue weighted by Gasteiger charge is 1.92. The molecule has 20 heavy (non-hydrogen) atoms. The topological polar surface area (TPSA) is 65.8 Å². The monoisotopic (exact) mass is 277 g/mol. The Bertz CT molecular complexity index is 348. The standard InChI is InChI=1S/C16H27N3O/c1-2-3-4-5-6-7-8-9-10-11-12-13-14-15-16(20)18-19-17/h2-13H2,1H3. The second-order valence-electron chi connectivity index (χ2n) is 5.08. The van der Waals surface area contributed by atoms with Gasteiger partial charge in [0.05, 0.1) is 0 Å². The van der Waals surface area contributed by atoms with E-state index in [1.54, 1.807) is 0 Å². The van der Waals surface area contributed by atoms with Gasteiger partial charge in [0.1, 0.15) is 0 Å². The number of unbranched alkanes of at least 4 members (excludes halogenated alkanes) is 11. The van der Waals surface area contributed by atoms with Crippen LogP contribution in [-0.2, 0) is 4.79 Å². The van der Waals surface area contributed by atoms with Crippen molar-refractivity contribution in [2.45, 2.75) is 84.0 Å². The highest BCUT2D eigenvalue weighted by Crippen LogP contribution is 2.11. The smallest absolute Gasteiger partial charge is 0.278 e.